The summed E-state index contributed by atoms with van der Waals surface area (Å²) in [5, 5.41) is 2.50. The van der Waals surface area contributed by atoms with Crippen LogP contribution in [0.2, 0.25) is 0 Å². The number of nitrogen functional groups attached to an aromatic ring is 1. The summed E-state index contributed by atoms with van der Waals surface area (Å²) in [6, 6.07) is 3.29. The van der Waals surface area contributed by atoms with Gasteiger partial charge in [-0.2, -0.15) is 0 Å². The second-order valence-corrected chi connectivity index (χ2v) is 5.04. The highest BCUT2D eigenvalue weighted by atomic mass is 79.9. The van der Waals surface area contributed by atoms with Crippen LogP contribution in [-0.4, -0.2) is 10.9 Å². The minimum atomic E-state index is -1.13. The van der Waals surface area contributed by atoms with Gasteiger partial charge in [0.2, 0.25) is 0 Å². The van der Waals surface area contributed by atoms with E-state index in [1.165, 1.54) is 6.20 Å². The topological polar surface area (TPSA) is 68.0 Å². The van der Waals surface area contributed by atoms with E-state index in [-0.39, 0.29) is 11.3 Å². The van der Waals surface area contributed by atoms with Gasteiger partial charge in [0.15, 0.2) is 11.6 Å². The second-order valence-electron chi connectivity index (χ2n) is 4.13. The lowest BCUT2D eigenvalue weighted by Gasteiger charge is -2.09. The number of aromatic nitrogens is 1. The van der Waals surface area contributed by atoms with Gasteiger partial charge in [-0.25, -0.2) is 13.8 Å². The number of hydrogen-bond acceptors (Lipinski definition) is 3. The van der Waals surface area contributed by atoms with Crippen LogP contribution in [0.25, 0.3) is 0 Å². The van der Waals surface area contributed by atoms with Crippen molar-refractivity contribution in [3.8, 4) is 0 Å². The molecule has 1 amide bonds. The third-order valence-corrected chi connectivity index (χ3v) is 3.05. The third-order valence-electron chi connectivity index (χ3n) is 2.61. The first-order valence-electron chi connectivity index (χ1n) is 5.56. The summed E-state index contributed by atoms with van der Waals surface area (Å²) in [5.74, 6) is -2.57. The Kier molecular flexibility index (Phi) is 3.99. The third kappa shape index (κ3) is 2.93. The number of benzene rings is 1. The SMILES string of the molecule is Cc1cc(Br)cnc1NC(=O)c1cc(F)c(F)cc1N. The number of pyridine rings is 1. The van der Waals surface area contributed by atoms with E-state index in [0.717, 1.165) is 16.6 Å². The van der Waals surface area contributed by atoms with Crippen molar-refractivity contribution < 1.29 is 13.6 Å². The summed E-state index contributed by atoms with van der Waals surface area (Å²) >= 11 is 3.25. The minimum absolute atomic E-state index is 0.142. The predicted molar refractivity (Wildman–Crippen MR) is 75.4 cm³/mol. The molecule has 0 unspecified atom stereocenters. The lowest BCUT2D eigenvalue weighted by Crippen LogP contribution is -2.16. The molecule has 0 aliphatic rings. The van der Waals surface area contributed by atoms with Crippen molar-refractivity contribution in [1.29, 1.82) is 0 Å². The van der Waals surface area contributed by atoms with Crippen molar-refractivity contribution in [2.75, 3.05) is 11.1 Å². The molecule has 0 radical (unpaired) electrons. The number of rotatable bonds is 2. The molecule has 2 aromatic rings. The number of aryl methyl sites for hydroxylation is 1. The number of nitrogens with one attached hydrogen (secondary N) is 1. The van der Waals surface area contributed by atoms with Crippen LogP contribution in [0.3, 0.4) is 0 Å². The van der Waals surface area contributed by atoms with Crippen molar-refractivity contribution in [3.05, 3.63) is 51.6 Å². The maximum absolute atomic E-state index is 13.2. The second kappa shape index (κ2) is 5.54. The summed E-state index contributed by atoms with van der Waals surface area (Å²) in [6.07, 6.45) is 1.51. The largest absolute Gasteiger partial charge is 0.398 e. The number of carbonyl (C=O) groups excluding carboxylic acids is 1. The smallest absolute Gasteiger partial charge is 0.259 e. The molecule has 7 heteroatoms. The van der Waals surface area contributed by atoms with Gasteiger partial charge in [0.25, 0.3) is 5.91 Å². The fraction of sp³-hybridized carbons (Fsp3) is 0.0769. The molecule has 1 aromatic heterocycles. The van der Waals surface area contributed by atoms with Gasteiger partial charge in [0.05, 0.1) is 5.56 Å². The average Bonchev–Trinajstić information content (AvgIpc) is 2.37. The number of carbonyl (C=O) groups is 1. The summed E-state index contributed by atoms with van der Waals surface area (Å²) < 4.78 is 26.9. The highest BCUT2D eigenvalue weighted by Gasteiger charge is 2.15. The minimum Gasteiger partial charge on any atom is -0.398 e. The molecule has 0 atom stereocenters. The van der Waals surface area contributed by atoms with Gasteiger partial charge in [0.1, 0.15) is 5.82 Å². The van der Waals surface area contributed by atoms with Crippen molar-refractivity contribution in [3.63, 3.8) is 0 Å². The van der Waals surface area contributed by atoms with Crippen LogP contribution < -0.4 is 11.1 Å². The van der Waals surface area contributed by atoms with E-state index in [2.05, 4.69) is 26.2 Å². The lowest BCUT2D eigenvalue weighted by molar-refractivity contribution is 0.102. The first-order valence-corrected chi connectivity index (χ1v) is 6.36. The van der Waals surface area contributed by atoms with Crippen LogP contribution in [0.5, 0.6) is 0 Å². The molecule has 2 rings (SSSR count). The van der Waals surface area contributed by atoms with Crippen LogP contribution in [0, 0.1) is 18.6 Å². The molecule has 1 heterocycles. The number of hydrogen-bond donors (Lipinski definition) is 2. The number of anilines is 2. The van der Waals surface area contributed by atoms with Gasteiger partial charge in [-0.15, -0.1) is 0 Å². The Morgan fingerprint density at radius 2 is 1.95 bits per heavy atom. The van der Waals surface area contributed by atoms with Crippen molar-refractivity contribution in [1.82, 2.24) is 4.98 Å². The van der Waals surface area contributed by atoms with E-state index in [4.69, 9.17) is 5.73 Å². The van der Waals surface area contributed by atoms with Gasteiger partial charge in [-0.05, 0) is 40.5 Å². The van der Waals surface area contributed by atoms with Crippen molar-refractivity contribution >= 4 is 33.3 Å². The normalized spacial score (nSPS) is 10.4. The Morgan fingerprint density at radius 3 is 2.60 bits per heavy atom. The Labute approximate surface area is 122 Å². The van der Waals surface area contributed by atoms with Gasteiger partial charge in [0, 0.05) is 22.4 Å². The fourth-order valence-electron chi connectivity index (χ4n) is 1.61. The molecule has 0 fully saturated rings. The van der Waals surface area contributed by atoms with Crippen LogP contribution in [-0.2, 0) is 0 Å². The number of halogens is 3. The van der Waals surface area contributed by atoms with Crippen molar-refractivity contribution in [2.24, 2.45) is 0 Å². The Balaban J connectivity index is 2.31. The van der Waals surface area contributed by atoms with Gasteiger partial charge >= 0.3 is 0 Å². The van der Waals surface area contributed by atoms with Crippen LogP contribution in [0.4, 0.5) is 20.3 Å². The summed E-state index contributed by atoms with van der Waals surface area (Å²) in [5.41, 5.74) is 5.94. The van der Waals surface area contributed by atoms with E-state index in [0.29, 0.717) is 11.4 Å². The number of nitrogens with zero attached hydrogens (tertiary/aromatic N) is 1. The molecule has 0 aliphatic carbocycles. The molecular formula is C13H10BrF2N3O. The van der Waals surface area contributed by atoms with Gasteiger partial charge in [-0.3, -0.25) is 4.79 Å². The van der Waals surface area contributed by atoms with Crippen molar-refractivity contribution in [2.45, 2.75) is 6.92 Å². The maximum atomic E-state index is 13.2. The van der Waals surface area contributed by atoms with Gasteiger partial charge in [-0.1, -0.05) is 0 Å². The Hall–Kier alpha value is -2.02. The molecule has 104 valence electrons. The van der Waals surface area contributed by atoms with E-state index < -0.39 is 17.5 Å². The Bertz CT molecular complexity index is 692. The molecule has 0 bridgehead atoms. The zero-order chi connectivity index (χ0) is 14.9. The average molecular weight is 342 g/mol. The summed E-state index contributed by atoms with van der Waals surface area (Å²) in [4.78, 5) is 16.0. The molecule has 0 aliphatic heterocycles. The molecule has 0 saturated carbocycles. The van der Waals surface area contributed by atoms with E-state index >= 15 is 0 Å². The standard InChI is InChI=1S/C13H10BrF2N3O/c1-6-2-7(14)5-18-12(6)19-13(20)8-3-9(15)10(16)4-11(8)17/h2-5H,17H2,1H3,(H,18,19,20). The highest BCUT2D eigenvalue weighted by molar-refractivity contribution is 9.10. The highest BCUT2D eigenvalue weighted by Crippen LogP contribution is 2.21. The quantitative estimate of drug-likeness (QED) is 0.823. The Morgan fingerprint density at radius 1 is 1.30 bits per heavy atom. The molecule has 3 N–H and O–H groups in total. The van der Waals surface area contributed by atoms with E-state index in [1.807, 2.05) is 0 Å². The van der Waals surface area contributed by atoms with E-state index in [9.17, 15) is 13.6 Å². The fourth-order valence-corrected chi connectivity index (χ4v) is 2.05. The monoisotopic (exact) mass is 341 g/mol. The molecule has 4 nitrogen and oxygen atoms in total. The maximum Gasteiger partial charge on any atom is 0.259 e. The first kappa shape index (κ1) is 14.4. The van der Waals surface area contributed by atoms with E-state index in [1.54, 1.807) is 13.0 Å². The first-order chi connectivity index (χ1) is 9.38. The molecule has 1 aromatic carbocycles. The van der Waals surface area contributed by atoms with Crippen LogP contribution in [0.15, 0.2) is 28.9 Å². The molecular weight excluding hydrogens is 332 g/mol. The molecule has 20 heavy (non-hydrogen) atoms. The van der Waals surface area contributed by atoms with Crippen LogP contribution >= 0.6 is 15.9 Å². The van der Waals surface area contributed by atoms with Crippen LogP contribution in [0.1, 0.15) is 15.9 Å². The molecule has 0 saturated heterocycles. The summed E-state index contributed by atoms with van der Waals surface area (Å²) in [6.45, 7) is 1.75. The van der Waals surface area contributed by atoms with Gasteiger partial charge < -0.3 is 11.1 Å². The molecule has 0 spiro atoms. The zero-order valence-electron chi connectivity index (χ0n) is 10.4. The summed E-state index contributed by atoms with van der Waals surface area (Å²) in [7, 11) is 0. The lowest BCUT2D eigenvalue weighted by atomic mass is 10.1. The zero-order valence-corrected chi connectivity index (χ0v) is 12.0. The predicted octanol–water partition coefficient (Wildman–Crippen LogP) is 3.27. The number of nitrogens with two attached hydrogens (primary N) is 1. The number of amides is 1.